The molecule has 5 N–H and O–H groups in total. The summed E-state index contributed by atoms with van der Waals surface area (Å²) >= 11 is 0. The Labute approximate surface area is 132 Å². The maximum absolute atomic E-state index is 10.3. The molecular weight excluding hydrogens is 295 g/mol. The second-order valence-corrected chi connectivity index (χ2v) is 3.07. The van der Waals surface area contributed by atoms with Crippen LogP contribution < -0.4 is 34.7 Å². The van der Waals surface area contributed by atoms with E-state index in [9.17, 15) is 14.4 Å². The van der Waals surface area contributed by atoms with Gasteiger partial charge in [0, 0.05) is 0 Å². The number of aliphatic hydroxyl groups is 1. The number of rotatable bonds is 5. The van der Waals surface area contributed by atoms with Crippen molar-refractivity contribution in [3.05, 3.63) is 0 Å². The number of aliphatic carboxylic acids is 5. The van der Waals surface area contributed by atoms with Gasteiger partial charge in [-0.1, -0.05) is 0 Å². The van der Waals surface area contributed by atoms with Crippen LogP contribution >= 0.6 is 0 Å². The van der Waals surface area contributed by atoms with Crippen LogP contribution in [0.5, 0.6) is 0 Å². The van der Waals surface area contributed by atoms with Gasteiger partial charge in [0.05, 0.1) is 12.8 Å². The van der Waals surface area contributed by atoms with Crippen molar-refractivity contribution in [2.24, 2.45) is 0 Å². The van der Waals surface area contributed by atoms with E-state index in [1.165, 1.54) is 0 Å². The first kappa shape index (κ1) is 23.4. The Morgan fingerprint density at radius 3 is 1.20 bits per heavy atom. The molecule has 0 radical (unpaired) electrons. The molecule has 11 nitrogen and oxygen atoms in total. The van der Waals surface area contributed by atoms with E-state index in [0.717, 1.165) is 0 Å². The van der Waals surface area contributed by atoms with Gasteiger partial charge >= 0.3 is 53.4 Å². The predicted molar refractivity (Wildman–Crippen MR) is 49.7 cm³/mol. The number of hydrogen-bond acceptors (Lipinski definition) is 7. The van der Waals surface area contributed by atoms with Gasteiger partial charge in [0.2, 0.25) is 0 Å². The zero-order valence-corrected chi connectivity index (χ0v) is 12.1. The molecule has 0 heterocycles. The van der Waals surface area contributed by atoms with Gasteiger partial charge in [-0.15, -0.1) is 0 Å². The summed E-state index contributed by atoms with van der Waals surface area (Å²) in [7, 11) is 0. The van der Waals surface area contributed by atoms with Crippen molar-refractivity contribution in [3.8, 4) is 0 Å². The fourth-order valence-electron chi connectivity index (χ4n) is 0.714. The third kappa shape index (κ3) is 11.4. The average molecular weight is 304 g/mol. The Hall–Kier alpha value is -1.69. The Morgan fingerprint density at radius 1 is 0.850 bits per heavy atom. The van der Waals surface area contributed by atoms with E-state index in [1.807, 2.05) is 0 Å². The van der Waals surface area contributed by atoms with Crippen molar-refractivity contribution in [3.63, 3.8) is 0 Å². The van der Waals surface area contributed by atoms with Crippen molar-refractivity contribution in [1.82, 2.24) is 0 Å². The molecule has 20 heavy (non-hydrogen) atoms. The molecule has 0 unspecified atom stereocenters. The summed E-state index contributed by atoms with van der Waals surface area (Å²) in [4.78, 5) is 48.5. The Kier molecular flexibility index (Phi) is 11.9. The van der Waals surface area contributed by atoms with Crippen LogP contribution in [-0.4, -0.2) is 61.0 Å². The van der Waals surface area contributed by atoms with E-state index < -0.39 is 48.3 Å². The van der Waals surface area contributed by atoms with Crippen molar-refractivity contribution in [1.29, 1.82) is 0 Å². The van der Waals surface area contributed by atoms with Crippen molar-refractivity contribution in [2.45, 2.75) is 18.4 Å². The smallest absolute Gasteiger partial charge is 0.539 e. The normalized spacial score (nSPS) is 9.25. The van der Waals surface area contributed by atoms with Gasteiger partial charge in [0.1, 0.15) is 0 Å². The van der Waals surface area contributed by atoms with Crippen molar-refractivity contribution < 1.29 is 84.2 Å². The van der Waals surface area contributed by atoms with Crippen LogP contribution in [0.4, 0.5) is 0 Å². The van der Waals surface area contributed by atoms with Crippen LogP contribution in [0, 0.1) is 0 Å². The minimum atomic E-state index is -2.74. The Balaban J connectivity index is -0.000000352. The first-order valence-corrected chi connectivity index (χ1v) is 4.26. The minimum absolute atomic E-state index is 0. The fraction of sp³-hybridized carbons (Fsp3) is 0.375. The standard InChI is InChI=1S/C6H8O7.C2H2O4.Na/c7-3(8)1-6(13,5(11)12)2-4(9)10;3-1(4)2(5)6;/h13H,1-2H2,(H,7,8)(H,9,10)(H,11,12);(H,3,4)(H,5,6);/q;;+1/p-1. The molecule has 0 aromatic carbocycles. The third-order valence-corrected chi connectivity index (χ3v) is 1.46. The van der Waals surface area contributed by atoms with Crippen molar-refractivity contribution in [2.75, 3.05) is 0 Å². The molecule has 0 saturated heterocycles. The van der Waals surface area contributed by atoms with E-state index in [1.54, 1.807) is 0 Å². The number of hydrogen-bond donors (Lipinski definition) is 5. The largest absolute Gasteiger partial charge is 1.00 e. The van der Waals surface area contributed by atoms with E-state index in [0.29, 0.717) is 0 Å². The van der Waals surface area contributed by atoms with Gasteiger partial charge in [-0.3, -0.25) is 9.59 Å². The van der Waals surface area contributed by atoms with E-state index in [-0.39, 0.29) is 29.6 Å². The molecule has 0 aromatic rings. The Bertz CT molecular complexity index is 373. The quantitative estimate of drug-likeness (QED) is 0.238. The van der Waals surface area contributed by atoms with Gasteiger partial charge in [-0.2, -0.15) is 0 Å². The second kappa shape index (κ2) is 10.1. The topological polar surface area (TPSA) is 210 Å². The molecule has 0 saturated carbocycles. The fourth-order valence-corrected chi connectivity index (χ4v) is 0.714. The van der Waals surface area contributed by atoms with Gasteiger partial charge in [0.15, 0.2) is 11.6 Å². The molecular formula is C8H9NaO11. The SMILES string of the molecule is O=C(O)CC(O)(CC(=O)O)C(=O)O.O=C([O-])C(=O)O.[Na+]. The molecule has 12 heteroatoms. The van der Waals surface area contributed by atoms with Crippen molar-refractivity contribution >= 4 is 29.8 Å². The third-order valence-electron chi connectivity index (χ3n) is 1.46. The predicted octanol–water partition coefficient (Wildman–Crippen LogP) is -6.42. The summed E-state index contributed by atoms with van der Waals surface area (Å²) in [5, 5.41) is 50.1. The van der Waals surface area contributed by atoms with Crippen LogP contribution in [0.1, 0.15) is 12.8 Å². The first-order valence-electron chi connectivity index (χ1n) is 4.26. The monoisotopic (exact) mass is 304 g/mol. The van der Waals surface area contributed by atoms with Crippen LogP contribution in [0.15, 0.2) is 0 Å². The number of carbonyl (C=O) groups excluding carboxylic acids is 1. The molecule has 0 aromatic heterocycles. The van der Waals surface area contributed by atoms with E-state index in [2.05, 4.69) is 0 Å². The zero-order chi connectivity index (χ0) is 15.8. The van der Waals surface area contributed by atoms with E-state index >= 15 is 0 Å². The number of carboxylic acid groups (broad SMARTS) is 5. The maximum atomic E-state index is 10.3. The summed E-state index contributed by atoms with van der Waals surface area (Å²) in [5.74, 6) is -9.03. The van der Waals surface area contributed by atoms with Gasteiger partial charge < -0.3 is 35.4 Å². The average Bonchev–Trinajstić information content (AvgIpc) is 2.14. The summed E-state index contributed by atoms with van der Waals surface area (Å²) in [6.07, 6.45) is -2.29. The van der Waals surface area contributed by atoms with Crippen LogP contribution in [-0.2, 0) is 24.0 Å². The summed E-state index contributed by atoms with van der Waals surface area (Å²) in [5.41, 5.74) is -2.74. The molecule has 0 atom stereocenters. The molecule has 0 amide bonds. The maximum Gasteiger partial charge on any atom is 1.00 e. The van der Waals surface area contributed by atoms with Gasteiger partial charge in [-0.25, -0.2) is 9.59 Å². The Morgan fingerprint density at radius 2 is 1.10 bits per heavy atom. The molecule has 108 valence electrons. The van der Waals surface area contributed by atoms with Crippen LogP contribution in [0.2, 0.25) is 0 Å². The molecule has 0 aliphatic carbocycles. The molecule has 0 aliphatic heterocycles. The molecule has 0 fully saturated rings. The van der Waals surface area contributed by atoms with E-state index in [4.69, 9.17) is 40.2 Å². The second-order valence-electron chi connectivity index (χ2n) is 3.07. The molecule has 0 aliphatic rings. The summed E-state index contributed by atoms with van der Waals surface area (Å²) in [6, 6.07) is 0. The molecule has 0 rings (SSSR count). The minimum Gasteiger partial charge on any atom is -0.539 e. The number of carbonyl (C=O) groups is 5. The number of carboxylic acids is 5. The van der Waals surface area contributed by atoms with Crippen LogP contribution in [0.25, 0.3) is 0 Å². The molecule has 0 spiro atoms. The van der Waals surface area contributed by atoms with Crippen LogP contribution in [0.3, 0.4) is 0 Å². The summed E-state index contributed by atoms with van der Waals surface area (Å²) < 4.78 is 0. The first-order chi connectivity index (χ1) is 8.42. The molecule has 0 bridgehead atoms. The van der Waals surface area contributed by atoms with Gasteiger partial charge in [-0.05, 0) is 0 Å². The zero-order valence-electron chi connectivity index (χ0n) is 10.1. The van der Waals surface area contributed by atoms with Gasteiger partial charge in [0.25, 0.3) is 0 Å². The summed E-state index contributed by atoms with van der Waals surface area (Å²) in [6.45, 7) is 0.